The Morgan fingerprint density at radius 3 is 1.13 bits per heavy atom. The quantitative estimate of drug-likeness (QED) is 0.0321. The minimum absolute atomic E-state index is 0.00286. The van der Waals surface area contributed by atoms with E-state index in [-0.39, 0.29) is 18.5 Å². The van der Waals surface area contributed by atoms with E-state index in [1.54, 1.807) is 0 Å². The number of carbonyl (C=O) groups excluding carboxylic acids is 2. The maximum atomic E-state index is 12.4. The minimum Gasteiger partial charge on any atom is -0.466 e. The van der Waals surface area contributed by atoms with Crippen LogP contribution in [0, 0.1) is 0 Å². The molecule has 0 radical (unpaired) electrons. The Bertz CT molecular complexity index is 1130. The summed E-state index contributed by atoms with van der Waals surface area (Å²) in [5, 5.41) is 23.2. The van der Waals surface area contributed by atoms with Crippen molar-refractivity contribution < 1.29 is 24.5 Å². The fraction of sp³-hybridized carbons (Fsp3) is 0.875. The highest BCUT2D eigenvalue weighted by atomic mass is 16.5. The van der Waals surface area contributed by atoms with E-state index >= 15 is 0 Å². The molecule has 0 aromatic heterocycles. The predicted octanol–water partition coefficient (Wildman–Crippen LogP) is 19.6. The Balaban J connectivity index is 3.37. The normalized spacial score (nSPS) is 12.8. The molecule has 2 unspecified atom stereocenters. The molecule has 0 aromatic carbocycles. The van der Waals surface area contributed by atoms with Gasteiger partial charge in [-0.1, -0.05) is 275 Å². The third-order valence-electron chi connectivity index (χ3n) is 14.4. The standard InChI is InChI=1S/C64H121NO5/c1-3-5-7-9-11-13-15-38-42-46-50-54-58-64(69)70-59-55-51-47-43-39-36-34-32-30-28-26-24-22-20-18-16-17-19-21-23-25-27-29-31-33-35-37-41-45-49-53-57-63(68)65-61(60-66)62(67)56-52-48-44-40-14-12-10-8-6-4-2/h11,13,18,20,24,26,61-62,66-67H,3-10,12,14-17,19,21-23,25,27-60H2,1-2H3,(H,65,68)/b13-11-,20-18-,26-24-. The second-order valence-corrected chi connectivity index (χ2v) is 21.4. The van der Waals surface area contributed by atoms with Crippen LogP contribution in [0.2, 0.25) is 0 Å². The number of rotatable bonds is 58. The third kappa shape index (κ3) is 55.4. The fourth-order valence-corrected chi connectivity index (χ4v) is 9.61. The smallest absolute Gasteiger partial charge is 0.305 e. The van der Waals surface area contributed by atoms with Gasteiger partial charge in [0.1, 0.15) is 0 Å². The SMILES string of the molecule is CCCCC/C=C\CCCCCCCC(=O)OCCCCCCCCCCC/C=C\C/C=C\CCCCCCCCCCCCCCCCCC(=O)NC(CO)C(O)CCCCCCCCCCCC. The molecule has 412 valence electrons. The Morgan fingerprint density at radius 1 is 0.400 bits per heavy atom. The van der Waals surface area contributed by atoms with E-state index in [1.165, 1.54) is 250 Å². The van der Waals surface area contributed by atoms with Crippen LogP contribution in [0.15, 0.2) is 36.5 Å². The Kier molecular flexibility index (Phi) is 58.0. The first-order valence-corrected chi connectivity index (χ1v) is 31.2. The lowest BCUT2D eigenvalue weighted by molar-refractivity contribution is -0.143. The molecule has 0 bridgehead atoms. The van der Waals surface area contributed by atoms with Gasteiger partial charge in [-0.2, -0.15) is 0 Å². The van der Waals surface area contributed by atoms with Gasteiger partial charge >= 0.3 is 5.97 Å². The molecule has 0 rings (SSSR count). The lowest BCUT2D eigenvalue weighted by Crippen LogP contribution is -2.45. The van der Waals surface area contributed by atoms with E-state index in [4.69, 9.17) is 4.74 Å². The number of hydrogen-bond donors (Lipinski definition) is 3. The molecule has 0 saturated heterocycles. The molecule has 70 heavy (non-hydrogen) atoms. The molecule has 3 N–H and O–H groups in total. The van der Waals surface area contributed by atoms with Crippen LogP contribution in [0.4, 0.5) is 0 Å². The van der Waals surface area contributed by atoms with E-state index in [0.717, 1.165) is 51.4 Å². The second-order valence-electron chi connectivity index (χ2n) is 21.4. The Hall–Kier alpha value is -1.92. The van der Waals surface area contributed by atoms with Gasteiger partial charge in [0, 0.05) is 12.8 Å². The van der Waals surface area contributed by atoms with Gasteiger partial charge in [0.05, 0.1) is 25.4 Å². The zero-order chi connectivity index (χ0) is 50.7. The first kappa shape index (κ1) is 68.1. The zero-order valence-electron chi connectivity index (χ0n) is 47.0. The number of ether oxygens (including phenoxy) is 1. The molecule has 6 nitrogen and oxygen atoms in total. The van der Waals surface area contributed by atoms with E-state index in [1.807, 2.05) is 0 Å². The minimum atomic E-state index is -0.662. The summed E-state index contributed by atoms with van der Waals surface area (Å²) in [5.74, 6) is -0.0325. The second kappa shape index (κ2) is 59.6. The van der Waals surface area contributed by atoms with Crippen LogP contribution in [0.1, 0.15) is 335 Å². The average molecular weight is 985 g/mol. The summed E-state index contributed by atoms with van der Waals surface area (Å²) in [4.78, 5) is 24.4. The third-order valence-corrected chi connectivity index (χ3v) is 14.4. The molecule has 6 heteroatoms. The van der Waals surface area contributed by atoms with Crippen LogP contribution in [-0.4, -0.2) is 47.4 Å². The van der Waals surface area contributed by atoms with Crippen molar-refractivity contribution in [3.05, 3.63) is 36.5 Å². The summed E-state index contributed by atoms with van der Waals surface area (Å²) in [6.07, 6.45) is 74.6. The fourth-order valence-electron chi connectivity index (χ4n) is 9.61. The number of carbonyl (C=O) groups is 2. The van der Waals surface area contributed by atoms with Gasteiger partial charge in [-0.05, 0) is 83.5 Å². The molecule has 1 amide bonds. The van der Waals surface area contributed by atoms with Crippen molar-refractivity contribution in [1.82, 2.24) is 5.32 Å². The highest BCUT2D eigenvalue weighted by Gasteiger charge is 2.20. The summed E-state index contributed by atoms with van der Waals surface area (Å²) < 4.78 is 5.46. The number of hydrogen-bond acceptors (Lipinski definition) is 5. The van der Waals surface area contributed by atoms with Gasteiger partial charge in [-0.3, -0.25) is 9.59 Å². The number of allylic oxidation sites excluding steroid dienone is 6. The lowest BCUT2D eigenvalue weighted by Gasteiger charge is -2.22. The average Bonchev–Trinajstić information content (AvgIpc) is 3.36. The zero-order valence-corrected chi connectivity index (χ0v) is 47.0. The molecule has 0 saturated carbocycles. The van der Waals surface area contributed by atoms with Gasteiger partial charge in [0.2, 0.25) is 5.91 Å². The molecular formula is C64H121NO5. The number of amides is 1. The Labute approximate surface area is 436 Å². The molecule has 0 aliphatic heterocycles. The first-order chi connectivity index (χ1) is 34.5. The number of aliphatic hydroxyl groups excluding tert-OH is 2. The molecule has 0 aromatic rings. The molecule has 0 spiro atoms. The van der Waals surface area contributed by atoms with E-state index < -0.39 is 12.1 Å². The highest BCUT2D eigenvalue weighted by molar-refractivity contribution is 5.76. The van der Waals surface area contributed by atoms with E-state index in [0.29, 0.717) is 25.9 Å². The summed E-state index contributed by atoms with van der Waals surface area (Å²) in [7, 11) is 0. The van der Waals surface area contributed by atoms with Crippen LogP contribution in [-0.2, 0) is 14.3 Å². The van der Waals surface area contributed by atoms with E-state index in [9.17, 15) is 19.8 Å². The number of unbranched alkanes of at least 4 members (excludes halogenated alkanes) is 41. The summed E-state index contributed by atoms with van der Waals surface area (Å²) >= 11 is 0. The van der Waals surface area contributed by atoms with Crippen molar-refractivity contribution >= 4 is 11.9 Å². The maximum Gasteiger partial charge on any atom is 0.305 e. The molecule has 2 atom stereocenters. The van der Waals surface area contributed by atoms with Crippen molar-refractivity contribution in [1.29, 1.82) is 0 Å². The highest BCUT2D eigenvalue weighted by Crippen LogP contribution is 2.17. The van der Waals surface area contributed by atoms with Crippen molar-refractivity contribution in [2.45, 2.75) is 347 Å². The van der Waals surface area contributed by atoms with Gasteiger partial charge < -0.3 is 20.3 Å². The topological polar surface area (TPSA) is 95.9 Å². The number of esters is 1. The first-order valence-electron chi connectivity index (χ1n) is 31.2. The van der Waals surface area contributed by atoms with Gasteiger partial charge in [0.15, 0.2) is 0 Å². The maximum absolute atomic E-state index is 12.4. The number of nitrogens with one attached hydrogen (secondary N) is 1. The van der Waals surface area contributed by atoms with Crippen molar-refractivity contribution in [2.24, 2.45) is 0 Å². The summed E-state index contributed by atoms with van der Waals surface area (Å²) in [6, 6.07) is -0.539. The van der Waals surface area contributed by atoms with Crippen LogP contribution < -0.4 is 5.32 Å². The molecule has 0 aliphatic rings. The monoisotopic (exact) mass is 984 g/mol. The Morgan fingerprint density at radius 2 is 0.714 bits per heavy atom. The summed E-state index contributed by atoms with van der Waals surface area (Å²) in [5.41, 5.74) is 0. The molecule has 0 fully saturated rings. The summed E-state index contributed by atoms with van der Waals surface area (Å²) in [6.45, 7) is 4.92. The number of aliphatic hydroxyl groups is 2. The lowest BCUT2D eigenvalue weighted by atomic mass is 10.0. The predicted molar refractivity (Wildman–Crippen MR) is 306 cm³/mol. The van der Waals surface area contributed by atoms with Crippen molar-refractivity contribution in [2.75, 3.05) is 13.2 Å². The van der Waals surface area contributed by atoms with Gasteiger partial charge in [-0.15, -0.1) is 0 Å². The molecule has 0 heterocycles. The van der Waals surface area contributed by atoms with Crippen LogP contribution in [0.5, 0.6) is 0 Å². The van der Waals surface area contributed by atoms with E-state index in [2.05, 4.69) is 55.6 Å². The molecular weight excluding hydrogens is 863 g/mol. The van der Waals surface area contributed by atoms with Crippen LogP contribution >= 0.6 is 0 Å². The van der Waals surface area contributed by atoms with Crippen LogP contribution in [0.3, 0.4) is 0 Å². The molecule has 0 aliphatic carbocycles. The van der Waals surface area contributed by atoms with Crippen molar-refractivity contribution in [3.8, 4) is 0 Å². The van der Waals surface area contributed by atoms with Crippen molar-refractivity contribution in [3.63, 3.8) is 0 Å². The van der Waals surface area contributed by atoms with Crippen LogP contribution in [0.25, 0.3) is 0 Å². The van der Waals surface area contributed by atoms with Gasteiger partial charge in [-0.25, -0.2) is 0 Å². The largest absolute Gasteiger partial charge is 0.466 e. The van der Waals surface area contributed by atoms with Gasteiger partial charge in [0.25, 0.3) is 0 Å².